The van der Waals surface area contributed by atoms with Crippen LogP contribution in [0.5, 0.6) is 0 Å². The maximum Gasteiger partial charge on any atom is 0.332 e. The molecular weight excluding hydrogens is 228 g/mol. The number of carboxylic acid groups (broad SMARTS) is 3. The number of unbranched alkanes of at least 4 members (excludes halogenated alkanes) is 4. The summed E-state index contributed by atoms with van der Waals surface area (Å²) in [6.07, 6.45) is 3.37. The summed E-state index contributed by atoms with van der Waals surface area (Å²) in [4.78, 5) is 32.6. The van der Waals surface area contributed by atoms with Crippen LogP contribution < -0.4 is 0 Å². The number of aliphatic carboxylic acids is 3. The van der Waals surface area contributed by atoms with Gasteiger partial charge in [0.1, 0.15) is 0 Å². The Morgan fingerprint density at radius 3 is 1.59 bits per heavy atom. The topological polar surface area (TPSA) is 112 Å². The largest absolute Gasteiger partial charge is 0.480 e. The molecule has 0 rings (SSSR count). The van der Waals surface area contributed by atoms with Gasteiger partial charge in [-0.2, -0.15) is 0 Å². The van der Waals surface area contributed by atoms with Gasteiger partial charge >= 0.3 is 17.9 Å². The molecule has 6 heteroatoms. The van der Waals surface area contributed by atoms with Crippen molar-refractivity contribution in [2.24, 2.45) is 5.41 Å². The molecule has 0 amide bonds. The molecule has 98 valence electrons. The predicted molar refractivity (Wildman–Crippen MR) is 58.7 cm³/mol. The fraction of sp³-hybridized carbons (Fsp3) is 0.727. The van der Waals surface area contributed by atoms with Crippen LogP contribution >= 0.6 is 0 Å². The van der Waals surface area contributed by atoms with Gasteiger partial charge in [0, 0.05) is 0 Å². The van der Waals surface area contributed by atoms with Crippen molar-refractivity contribution >= 4 is 17.9 Å². The molecule has 6 nitrogen and oxygen atoms in total. The van der Waals surface area contributed by atoms with E-state index in [1.807, 2.05) is 6.92 Å². The maximum atomic E-state index is 10.9. The van der Waals surface area contributed by atoms with Crippen LogP contribution in [0, 0.1) is 5.41 Å². The summed E-state index contributed by atoms with van der Waals surface area (Å²) in [6, 6.07) is 0. The summed E-state index contributed by atoms with van der Waals surface area (Å²) in [5, 5.41) is 26.4. The van der Waals surface area contributed by atoms with Gasteiger partial charge in [0.2, 0.25) is 0 Å². The molecule has 0 aromatic heterocycles. The van der Waals surface area contributed by atoms with E-state index in [1.165, 1.54) is 0 Å². The molecule has 0 aliphatic carbocycles. The third-order valence-corrected chi connectivity index (χ3v) is 2.75. The van der Waals surface area contributed by atoms with Crippen molar-refractivity contribution in [1.82, 2.24) is 0 Å². The van der Waals surface area contributed by atoms with Crippen LogP contribution in [0.3, 0.4) is 0 Å². The van der Waals surface area contributed by atoms with Crippen molar-refractivity contribution in [3.05, 3.63) is 0 Å². The van der Waals surface area contributed by atoms with Crippen LogP contribution in [-0.4, -0.2) is 33.2 Å². The summed E-state index contributed by atoms with van der Waals surface area (Å²) < 4.78 is 0. The molecule has 0 aliphatic rings. The van der Waals surface area contributed by atoms with Crippen molar-refractivity contribution in [1.29, 1.82) is 0 Å². The summed E-state index contributed by atoms with van der Waals surface area (Å²) in [5.41, 5.74) is -2.70. The van der Waals surface area contributed by atoms with E-state index in [9.17, 15) is 14.4 Å². The Bertz CT molecular complexity index is 260. The van der Waals surface area contributed by atoms with Gasteiger partial charge in [0.15, 0.2) is 0 Å². The Labute approximate surface area is 99.3 Å². The lowest BCUT2D eigenvalue weighted by Gasteiger charge is -2.19. The lowest BCUT2D eigenvalue weighted by Crippen LogP contribution is -2.46. The van der Waals surface area contributed by atoms with E-state index in [0.29, 0.717) is 6.42 Å². The lowest BCUT2D eigenvalue weighted by atomic mass is 9.82. The Morgan fingerprint density at radius 1 is 0.824 bits per heavy atom. The van der Waals surface area contributed by atoms with Gasteiger partial charge < -0.3 is 15.3 Å². The first kappa shape index (κ1) is 15.4. The van der Waals surface area contributed by atoms with Gasteiger partial charge in [-0.3, -0.25) is 14.4 Å². The number of hydrogen-bond donors (Lipinski definition) is 3. The number of carboxylic acids is 3. The van der Waals surface area contributed by atoms with Crippen LogP contribution in [0.4, 0.5) is 0 Å². The van der Waals surface area contributed by atoms with Crippen LogP contribution in [-0.2, 0) is 14.4 Å². The Balaban J connectivity index is 4.55. The molecule has 3 N–H and O–H groups in total. The van der Waals surface area contributed by atoms with E-state index in [0.717, 1.165) is 19.3 Å². The SMILES string of the molecule is CCCCCCCC(C(=O)O)(C(=O)O)C(=O)O. The van der Waals surface area contributed by atoms with Gasteiger partial charge in [0.25, 0.3) is 5.41 Å². The molecule has 0 aromatic rings. The molecule has 0 aliphatic heterocycles. The molecule has 0 unspecified atom stereocenters. The minimum atomic E-state index is -2.70. The zero-order valence-electron chi connectivity index (χ0n) is 9.81. The van der Waals surface area contributed by atoms with Crippen LogP contribution in [0.25, 0.3) is 0 Å². The van der Waals surface area contributed by atoms with Gasteiger partial charge in [-0.25, -0.2) is 0 Å². The van der Waals surface area contributed by atoms with Gasteiger partial charge in [-0.05, 0) is 6.42 Å². The van der Waals surface area contributed by atoms with Crippen molar-refractivity contribution in [2.75, 3.05) is 0 Å². The molecular formula is C11H18O6. The van der Waals surface area contributed by atoms with E-state index < -0.39 is 23.3 Å². The summed E-state index contributed by atoms with van der Waals surface area (Å²) in [7, 11) is 0. The maximum absolute atomic E-state index is 10.9. The molecule has 0 heterocycles. The number of carbonyl (C=O) groups is 3. The predicted octanol–water partition coefficient (Wildman–Crippen LogP) is 1.59. The summed E-state index contributed by atoms with van der Waals surface area (Å²) in [6.45, 7) is 2.01. The third kappa shape index (κ3) is 3.72. The molecule has 0 saturated carbocycles. The fourth-order valence-corrected chi connectivity index (χ4v) is 1.59. The second-order valence-electron chi connectivity index (χ2n) is 3.99. The zero-order chi connectivity index (χ0) is 13.5. The van der Waals surface area contributed by atoms with Crippen molar-refractivity contribution in [2.45, 2.75) is 45.4 Å². The summed E-state index contributed by atoms with van der Waals surface area (Å²) >= 11 is 0. The molecule has 0 atom stereocenters. The van der Waals surface area contributed by atoms with Crippen LogP contribution in [0.15, 0.2) is 0 Å². The van der Waals surface area contributed by atoms with Crippen molar-refractivity contribution in [3.8, 4) is 0 Å². The Kier molecular flexibility index (Phi) is 6.23. The van der Waals surface area contributed by atoms with Gasteiger partial charge in [-0.1, -0.05) is 39.0 Å². The smallest absolute Gasteiger partial charge is 0.332 e. The Morgan fingerprint density at radius 2 is 1.24 bits per heavy atom. The van der Waals surface area contributed by atoms with E-state index in [4.69, 9.17) is 15.3 Å². The number of hydrogen-bond acceptors (Lipinski definition) is 3. The molecule has 17 heavy (non-hydrogen) atoms. The average molecular weight is 246 g/mol. The minimum Gasteiger partial charge on any atom is -0.480 e. The molecule has 0 bridgehead atoms. The lowest BCUT2D eigenvalue weighted by molar-refractivity contribution is -0.176. The van der Waals surface area contributed by atoms with E-state index >= 15 is 0 Å². The highest BCUT2D eigenvalue weighted by molar-refractivity contribution is 6.16. The standard InChI is InChI=1S/C11H18O6/c1-2-3-4-5-6-7-11(8(12)13,9(14)15)10(16)17/h2-7H2,1H3,(H,12,13)(H,14,15)(H,16,17). The van der Waals surface area contributed by atoms with Crippen molar-refractivity contribution < 1.29 is 29.7 Å². The first-order valence-corrected chi connectivity index (χ1v) is 5.59. The highest BCUT2D eigenvalue weighted by atomic mass is 16.4. The van der Waals surface area contributed by atoms with Crippen LogP contribution in [0.2, 0.25) is 0 Å². The highest BCUT2D eigenvalue weighted by Crippen LogP contribution is 2.27. The van der Waals surface area contributed by atoms with E-state index in [2.05, 4.69) is 0 Å². The average Bonchev–Trinajstić information content (AvgIpc) is 2.21. The molecule has 0 fully saturated rings. The molecule has 0 radical (unpaired) electrons. The zero-order valence-corrected chi connectivity index (χ0v) is 9.81. The normalized spacial score (nSPS) is 11.1. The van der Waals surface area contributed by atoms with Crippen LogP contribution in [0.1, 0.15) is 45.4 Å². The quantitative estimate of drug-likeness (QED) is 0.420. The highest BCUT2D eigenvalue weighted by Gasteiger charge is 2.53. The van der Waals surface area contributed by atoms with E-state index in [-0.39, 0.29) is 12.8 Å². The molecule has 0 spiro atoms. The third-order valence-electron chi connectivity index (χ3n) is 2.75. The van der Waals surface area contributed by atoms with Gasteiger partial charge in [0.05, 0.1) is 0 Å². The van der Waals surface area contributed by atoms with E-state index in [1.54, 1.807) is 0 Å². The molecule has 0 aromatic carbocycles. The minimum absolute atomic E-state index is 0.283. The summed E-state index contributed by atoms with van der Waals surface area (Å²) in [5.74, 6) is -5.44. The second kappa shape index (κ2) is 6.88. The molecule has 0 saturated heterocycles. The monoisotopic (exact) mass is 246 g/mol. The first-order chi connectivity index (χ1) is 7.89. The Hall–Kier alpha value is -1.59. The number of rotatable bonds is 9. The second-order valence-corrected chi connectivity index (χ2v) is 3.99. The fourth-order valence-electron chi connectivity index (χ4n) is 1.59. The van der Waals surface area contributed by atoms with Crippen molar-refractivity contribution in [3.63, 3.8) is 0 Å². The van der Waals surface area contributed by atoms with Gasteiger partial charge in [-0.15, -0.1) is 0 Å². The first-order valence-electron chi connectivity index (χ1n) is 5.59.